The predicted octanol–water partition coefficient (Wildman–Crippen LogP) is 2.90. The minimum absolute atomic E-state index is 0.128. The molecule has 0 amide bonds. The standard InChI is InChI=1S/C17H13FN2O2S/c1-13-10-14-11-15(6-5-9-18)20(17(14)19-12-13)23(21,22)16-7-3-2-4-8-16/h2-4,7-8,10-12H,9H2,1H3. The molecule has 0 aliphatic rings. The van der Waals surface area contributed by atoms with Crippen LogP contribution >= 0.6 is 0 Å². The summed E-state index contributed by atoms with van der Waals surface area (Å²) in [6, 6.07) is 11.5. The SMILES string of the molecule is Cc1cnc2c(c1)cc(C#CCF)n2S(=O)(=O)c1ccccc1. The summed E-state index contributed by atoms with van der Waals surface area (Å²) in [6.07, 6.45) is 1.59. The first-order valence-corrected chi connectivity index (χ1v) is 8.31. The Kier molecular flexibility index (Phi) is 3.89. The van der Waals surface area contributed by atoms with E-state index in [1.165, 1.54) is 12.1 Å². The maximum absolute atomic E-state index is 12.9. The van der Waals surface area contributed by atoms with Gasteiger partial charge in [0.25, 0.3) is 10.0 Å². The van der Waals surface area contributed by atoms with Gasteiger partial charge in [0.05, 0.1) is 4.90 Å². The highest BCUT2D eigenvalue weighted by Crippen LogP contribution is 2.24. The average Bonchev–Trinajstić information content (AvgIpc) is 2.91. The Balaban J connectivity index is 2.35. The van der Waals surface area contributed by atoms with Gasteiger partial charge < -0.3 is 0 Å². The zero-order valence-corrected chi connectivity index (χ0v) is 13.1. The number of aromatic nitrogens is 2. The minimum atomic E-state index is -3.87. The van der Waals surface area contributed by atoms with Crippen molar-refractivity contribution in [2.45, 2.75) is 11.8 Å². The summed E-state index contributed by atoms with van der Waals surface area (Å²) in [5.41, 5.74) is 1.37. The van der Waals surface area contributed by atoms with Crippen LogP contribution in [0.1, 0.15) is 11.3 Å². The molecule has 0 aliphatic carbocycles. The Hall–Kier alpha value is -2.65. The largest absolute Gasteiger partial charge is 0.270 e. The molecule has 0 N–H and O–H groups in total. The van der Waals surface area contributed by atoms with Gasteiger partial charge in [-0.2, -0.15) is 0 Å². The van der Waals surface area contributed by atoms with Gasteiger partial charge in [0, 0.05) is 11.6 Å². The molecule has 0 saturated carbocycles. The molecule has 2 heterocycles. The Labute approximate surface area is 133 Å². The van der Waals surface area contributed by atoms with Crippen LogP contribution in [0.3, 0.4) is 0 Å². The van der Waals surface area contributed by atoms with Gasteiger partial charge in [-0.05, 0) is 42.7 Å². The number of halogens is 1. The first-order valence-electron chi connectivity index (χ1n) is 6.87. The summed E-state index contributed by atoms with van der Waals surface area (Å²) >= 11 is 0. The average molecular weight is 328 g/mol. The molecule has 0 unspecified atom stereocenters. The molecule has 1 aromatic carbocycles. The summed E-state index contributed by atoms with van der Waals surface area (Å²) in [6.45, 7) is 1.02. The molecule has 23 heavy (non-hydrogen) atoms. The fraction of sp³-hybridized carbons (Fsp3) is 0.118. The molecule has 6 heteroatoms. The van der Waals surface area contributed by atoms with Gasteiger partial charge in [-0.15, -0.1) is 0 Å². The minimum Gasteiger partial charge on any atom is -0.237 e. The smallest absolute Gasteiger partial charge is 0.237 e. The summed E-state index contributed by atoms with van der Waals surface area (Å²) in [4.78, 5) is 4.35. The topological polar surface area (TPSA) is 52.0 Å². The van der Waals surface area contributed by atoms with Gasteiger partial charge in [0.1, 0.15) is 5.69 Å². The summed E-state index contributed by atoms with van der Waals surface area (Å²) in [5, 5.41) is 0.646. The third-order valence-electron chi connectivity index (χ3n) is 3.30. The van der Waals surface area contributed by atoms with Crippen molar-refractivity contribution in [1.29, 1.82) is 0 Å². The Morgan fingerprint density at radius 3 is 2.65 bits per heavy atom. The maximum Gasteiger partial charge on any atom is 0.270 e. The summed E-state index contributed by atoms with van der Waals surface area (Å²) in [5.74, 6) is 4.84. The fourth-order valence-electron chi connectivity index (χ4n) is 2.33. The second-order valence-electron chi connectivity index (χ2n) is 4.97. The molecular formula is C17H13FN2O2S. The molecule has 2 aromatic heterocycles. The highest BCUT2D eigenvalue weighted by Gasteiger charge is 2.23. The predicted molar refractivity (Wildman–Crippen MR) is 86.3 cm³/mol. The second kappa shape index (κ2) is 5.86. The molecular weight excluding hydrogens is 315 g/mol. The first kappa shape index (κ1) is 15.3. The highest BCUT2D eigenvalue weighted by atomic mass is 32.2. The molecule has 4 nitrogen and oxygen atoms in total. The van der Waals surface area contributed by atoms with Gasteiger partial charge in [0.15, 0.2) is 12.3 Å². The third kappa shape index (κ3) is 2.71. The molecule has 3 aromatic rings. The summed E-state index contributed by atoms with van der Waals surface area (Å²) < 4.78 is 39.3. The van der Waals surface area contributed by atoms with Crippen LogP contribution in [0.5, 0.6) is 0 Å². The lowest BCUT2D eigenvalue weighted by Crippen LogP contribution is -2.15. The molecule has 0 spiro atoms. The van der Waals surface area contributed by atoms with Crippen LogP contribution in [0.4, 0.5) is 4.39 Å². The first-order chi connectivity index (χ1) is 11.0. The van der Waals surface area contributed by atoms with Crippen molar-refractivity contribution in [3.05, 3.63) is 59.9 Å². The van der Waals surface area contributed by atoms with Crippen molar-refractivity contribution in [3.8, 4) is 11.8 Å². The molecule has 0 radical (unpaired) electrons. The quantitative estimate of drug-likeness (QED) is 0.680. The van der Waals surface area contributed by atoms with E-state index < -0.39 is 16.7 Å². The van der Waals surface area contributed by atoms with E-state index in [-0.39, 0.29) is 16.2 Å². The lowest BCUT2D eigenvalue weighted by Gasteiger charge is -2.08. The van der Waals surface area contributed by atoms with Crippen molar-refractivity contribution in [3.63, 3.8) is 0 Å². The van der Waals surface area contributed by atoms with E-state index in [1.54, 1.807) is 30.5 Å². The van der Waals surface area contributed by atoms with Crippen LogP contribution in [0.25, 0.3) is 11.0 Å². The number of rotatable bonds is 2. The van der Waals surface area contributed by atoms with Crippen LogP contribution in [0.2, 0.25) is 0 Å². The molecule has 3 rings (SSSR count). The van der Waals surface area contributed by atoms with Crippen LogP contribution < -0.4 is 0 Å². The molecule has 0 fully saturated rings. The number of fused-ring (bicyclic) bond motifs is 1. The molecule has 0 aliphatic heterocycles. The number of pyridine rings is 1. The fourth-order valence-corrected chi connectivity index (χ4v) is 3.78. The number of hydrogen-bond donors (Lipinski definition) is 0. The molecule has 0 saturated heterocycles. The van der Waals surface area contributed by atoms with Crippen molar-refractivity contribution in [1.82, 2.24) is 8.96 Å². The van der Waals surface area contributed by atoms with Gasteiger partial charge in [-0.25, -0.2) is 21.8 Å². The van der Waals surface area contributed by atoms with Crippen LogP contribution in [0.15, 0.2) is 53.6 Å². The van der Waals surface area contributed by atoms with Gasteiger partial charge in [-0.3, -0.25) is 0 Å². The van der Waals surface area contributed by atoms with E-state index in [0.717, 1.165) is 9.54 Å². The molecule has 0 atom stereocenters. The zero-order chi connectivity index (χ0) is 16.4. The van der Waals surface area contributed by atoms with Crippen molar-refractivity contribution >= 4 is 21.1 Å². The van der Waals surface area contributed by atoms with E-state index in [9.17, 15) is 12.8 Å². The van der Waals surface area contributed by atoms with E-state index in [4.69, 9.17) is 0 Å². The van der Waals surface area contributed by atoms with E-state index in [1.807, 2.05) is 13.0 Å². The molecule has 0 bridgehead atoms. The molecule has 116 valence electrons. The van der Waals surface area contributed by atoms with Crippen LogP contribution in [0, 0.1) is 18.8 Å². The highest BCUT2D eigenvalue weighted by molar-refractivity contribution is 7.90. The van der Waals surface area contributed by atoms with E-state index in [2.05, 4.69) is 16.8 Å². The number of aryl methyl sites for hydroxylation is 1. The number of alkyl halides is 1. The van der Waals surface area contributed by atoms with Crippen molar-refractivity contribution in [2.75, 3.05) is 6.67 Å². The van der Waals surface area contributed by atoms with Crippen LogP contribution in [-0.4, -0.2) is 24.0 Å². The van der Waals surface area contributed by atoms with E-state index >= 15 is 0 Å². The second-order valence-corrected chi connectivity index (χ2v) is 6.76. The van der Waals surface area contributed by atoms with Gasteiger partial charge >= 0.3 is 0 Å². The van der Waals surface area contributed by atoms with E-state index in [0.29, 0.717) is 5.39 Å². The zero-order valence-electron chi connectivity index (χ0n) is 12.3. The third-order valence-corrected chi connectivity index (χ3v) is 5.02. The number of hydrogen-bond acceptors (Lipinski definition) is 3. The van der Waals surface area contributed by atoms with Gasteiger partial charge in [-0.1, -0.05) is 24.1 Å². The maximum atomic E-state index is 12.9. The summed E-state index contributed by atoms with van der Waals surface area (Å²) in [7, 11) is -3.87. The monoisotopic (exact) mass is 328 g/mol. The van der Waals surface area contributed by atoms with Crippen molar-refractivity contribution < 1.29 is 12.8 Å². The lowest BCUT2D eigenvalue weighted by atomic mass is 10.2. The Bertz CT molecular complexity index is 1030. The Morgan fingerprint density at radius 1 is 1.22 bits per heavy atom. The van der Waals surface area contributed by atoms with Gasteiger partial charge in [0.2, 0.25) is 0 Å². The van der Waals surface area contributed by atoms with Crippen molar-refractivity contribution in [2.24, 2.45) is 0 Å². The normalized spacial score (nSPS) is 11.2. The lowest BCUT2D eigenvalue weighted by molar-refractivity contribution is 0.573. The Morgan fingerprint density at radius 2 is 1.96 bits per heavy atom. The number of nitrogens with zero attached hydrogens (tertiary/aromatic N) is 2. The van der Waals surface area contributed by atoms with Crippen LogP contribution in [-0.2, 0) is 10.0 Å². The number of benzene rings is 1.